The van der Waals surface area contributed by atoms with Crippen LogP contribution in [0.15, 0.2) is 18.2 Å². The van der Waals surface area contributed by atoms with Crippen LogP contribution in [0.4, 0.5) is 0 Å². The van der Waals surface area contributed by atoms with Crippen LogP contribution >= 0.6 is 0 Å². The molecule has 3 nitrogen and oxygen atoms in total. The Labute approximate surface area is 90.9 Å². The molecule has 0 spiro atoms. The van der Waals surface area contributed by atoms with Crippen molar-refractivity contribution in [2.75, 3.05) is 6.61 Å². The summed E-state index contributed by atoms with van der Waals surface area (Å²) in [6.07, 6.45) is 2.03. The number of benzene rings is 1. The Balaban J connectivity index is 2.77. The maximum absolute atomic E-state index is 9.16. The van der Waals surface area contributed by atoms with Crippen LogP contribution in [0.25, 0.3) is 0 Å². The molecule has 1 rings (SSSR count). The molecule has 0 aliphatic carbocycles. The van der Waals surface area contributed by atoms with Gasteiger partial charge in [-0.1, -0.05) is 31.0 Å². The standard InChI is InChI=1S/C11H17BO3/c1-3-4-7-15-11-6-5-9(2)8-10(11)12(13)14/h5-6,8,13-14H,3-4,7H2,1-2H3. The number of ether oxygens (including phenoxy) is 1. The van der Waals surface area contributed by atoms with Crippen LogP contribution in [0.5, 0.6) is 5.75 Å². The van der Waals surface area contributed by atoms with E-state index in [1.165, 1.54) is 0 Å². The first-order valence-corrected chi connectivity index (χ1v) is 5.24. The van der Waals surface area contributed by atoms with Gasteiger partial charge < -0.3 is 14.8 Å². The zero-order valence-electron chi connectivity index (χ0n) is 9.23. The minimum absolute atomic E-state index is 0.436. The highest BCUT2D eigenvalue weighted by molar-refractivity contribution is 6.59. The normalized spacial score (nSPS) is 10.1. The minimum atomic E-state index is -1.47. The zero-order valence-corrected chi connectivity index (χ0v) is 9.23. The summed E-state index contributed by atoms with van der Waals surface area (Å²) in [5.74, 6) is 0.559. The van der Waals surface area contributed by atoms with Gasteiger partial charge in [-0.15, -0.1) is 0 Å². The fourth-order valence-electron chi connectivity index (χ4n) is 1.33. The van der Waals surface area contributed by atoms with Crippen molar-refractivity contribution in [3.63, 3.8) is 0 Å². The first-order chi connectivity index (χ1) is 7.15. The monoisotopic (exact) mass is 208 g/mol. The van der Waals surface area contributed by atoms with Gasteiger partial charge in [0.15, 0.2) is 0 Å². The van der Waals surface area contributed by atoms with Gasteiger partial charge in [0, 0.05) is 5.46 Å². The molecule has 2 N–H and O–H groups in total. The second-order valence-corrected chi connectivity index (χ2v) is 3.62. The van der Waals surface area contributed by atoms with Crippen LogP contribution in [0, 0.1) is 6.92 Å². The minimum Gasteiger partial charge on any atom is -0.494 e. The molecule has 82 valence electrons. The van der Waals surface area contributed by atoms with Crippen molar-refractivity contribution < 1.29 is 14.8 Å². The Morgan fingerprint density at radius 2 is 2.07 bits per heavy atom. The van der Waals surface area contributed by atoms with Crippen molar-refractivity contribution in [3.05, 3.63) is 23.8 Å². The van der Waals surface area contributed by atoms with E-state index in [4.69, 9.17) is 14.8 Å². The molecule has 4 heteroatoms. The van der Waals surface area contributed by atoms with E-state index in [1.54, 1.807) is 12.1 Å². The van der Waals surface area contributed by atoms with Crippen LogP contribution < -0.4 is 10.2 Å². The lowest BCUT2D eigenvalue weighted by atomic mass is 9.79. The Morgan fingerprint density at radius 3 is 2.67 bits per heavy atom. The summed E-state index contributed by atoms with van der Waals surface area (Å²) < 4.78 is 5.47. The second-order valence-electron chi connectivity index (χ2n) is 3.62. The van der Waals surface area contributed by atoms with Gasteiger partial charge in [-0.25, -0.2) is 0 Å². The van der Waals surface area contributed by atoms with E-state index in [1.807, 2.05) is 13.0 Å². The molecule has 1 aromatic rings. The van der Waals surface area contributed by atoms with Gasteiger partial charge in [0.25, 0.3) is 0 Å². The van der Waals surface area contributed by atoms with E-state index in [-0.39, 0.29) is 0 Å². The molecule has 1 aromatic carbocycles. The Bertz CT molecular complexity index is 313. The Hall–Kier alpha value is -0.995. The van der Waals surface area contributed by atoms with E-state index in [0.717, 1.165) is 18.4 Å². The number of hydrogen-bond donors (Lipinski definition) is 2. The largest absolute Gasteiger partial charge is 0.494 e. The summed E-state index contributed by atoms with van der Waals surface area (Å²) in [7, 11) is -1.47. The average Bonchev–Trinajstić information content (AvgIpc) is 2.20. The molecule has 0 atom stereocenters. The van der Waals surface area contributed by atoms with E-state index in [0.29, 0.717) is 17.8 Å². The summed E-state index contributed by atoms with van der Waals surface area (Å²) >= 11 is 0. The van der Waals surface area contributed by atoms with E-state index < -0.39 is 7.12 Å². The summed E-state index contributed by atoms with van der Waals surface area (Å²) in [6, 6.07) is 5.40. The van der Waals surface area contributed by atoms with Gasteiger partial charge in [0.05, 0.1) is 6.61 Å². The molecular formula is C11H17BO3. The summed E-state index contributed by atoms with van der Waals surface area (Å²) in [5, 5.41) is 18.3. The highest BCUT2D eigenvalue weighted by Gasteiger charge is 2.16. The molecule has 0 heterocycles. The van der Waals surface area contributed by atoms with Crippen molar-refractivity contribution in [3.8, 4) is 5.75 Å². The Kier molecular flexibility index (Phi) is 4.65. The molecule has 0 bridgehead atoms. The summed E-state index contributed by atoms with van der Waals surface area (Å²) in [6.45, 7) is 4.60. The van der Waals surface area contributed by atoms with Crippen LogP contribution in [0.2, 0.25) is 0 Å². The molecule has 15 heavy (non-hydrogen) atoms. The van der Waals surface area contributed by atoms with E-state index >= 15 is 0 Å². The fourth-order valence-corrected chi connectivity index (χ4v) is 1.33. The molecular weight excluding hydrogens is 191 g/mol. The molecule has 0 unspecified atom stereocenters. The number of unbranched alkanes of at least 4 members (excludes halogenated alkanes) is 1. The molecule has 0 saturated carbocycles. The highest BCUT2D eigenvalue weighted by Crippen LogP contribution is 2.10. The van der Waals surface area contributed by atoms with Crippen molar-refractivity contribution in [1.82, 2.24) is 0 Å². The van der Waals surface area contributed by atoms with Crippen molar-refractivity contribution in [1.29, 1.82) is 0 Å². The number of rotatable bonds is 5. The lowest BCUT2D eigenvalue weighted by molar-refractivity contribution is 0.310. The lowest BCUT2D eigenvalue weighted by Crippen LogP contribution is -2.31. The van der Waals surface area contributed by atoms with Crippen molar-refractivity contribution >= 4 is 12.6 Å². The van der Waals surface area contributed by atoms with Crippen LogP contribution in [-0.2, 0) is 0 Å². The molecule has 0 amide bonds. The van der Waals surface area contributed by atoms with Gasteiger partial charge in [0.2, 0.25) is 0 Å². The number of aryl methyl sites for hydroxylation is 1. The molecule has 0 saturated heterocycles. The van der Waals surface area contributed by atoms with Crippen LogP contribution in [0.3, 0.4) is 0 Å². The third kappa shape index (κ3) is 3.57. The molecule has 0 fully saturated rings. The molecule has 0 radical (unpaired) electrons. The van der Waals surface area contributed by atoms with Gasteiger partial charge in [-0.3, -0.25) is 0 Å². The smallest absolute Gasteiger partial charge is 0.492 e. The topological polar surface area (TPSA) is 49.7 Å². The van der Waals surface area contributed by atoms with Crippen LogP contribution in [0.1, 0.15) is 25.3 Å². The second kappa shape index (κ2) is 5.78. The molecule has 0 aliphatic heterocycles. The summed E-state index contributed by atoms with van der Waals surface area (Å²) in [5.41, 5.74) is 1.42. The maximum atomic E-state index is 9.16. The fraction of sp³-hybridized carbons (Fsp3) is 0.455. The van der Waals surface area contributed by atoms with Crippen molar-refractivity contribution in [2.45, 2.75) is 26.7 Å². The van der Waals surface area contributed by atoms with E-state index in [9.17, 15) is 0 Å². The van der Waals surface area contributed by atoms with Crippen LogP contribution in [-0.4, -0.2) is 23.8 Å². The number of hydrogen-bond acceptors (Lipinski definition) is 3. The molecule has 0 aromatic heterocycles. The lowest BCUT2D eigenvalue weighted by Gasteiger charge is -2.11. The highest BCUT2D eigenvalue weighted by atomic mass is 16.5. The average molecular weight is 208 g/mol. The SMILES string of the molecule is CCCCOc1ccc(C)cc1B(O)O. The third-order valence-electron chi connectivity index (χ3n) is 2.20. The third-order valence-corrected chi connectivity index (χ3v) is 2.20. The van der Waals surface area contributed by atoms with Crippen molar-refractivity contribution in [2.24, 2.45) is 0 Å². The Morgan fingerprint density at radius 1 is 1.33 bits per heavy atom. The maximum Gasteiger partial charge on any atom is 0.492 e. The molecule has 0 aliphatic rings. The van der Waals surface area contributed by atoms with Gasteiger partial charge in [-0.2, -0.15) is 0 Å². The first-order valence-electron chi connectivity index (χ1n) is 5.24. The van der Waals surface area contributed by atoms with Gasteiger partial charge in [0.1, 0.15) is 5.75 Å². The van der Waals surface area contributed by atoms with Gasteiger partial charge >= 0.3 is 7.12 Å². The first kappa shape index (κ1) is 12.1. The predicted octanol–water partition coefficient (Wildman–Crippen LogP) is 0.854. The predicted molar refractivity (Wildman–Crippen MR) is 61.4 cm³/mol. The zero-order chi connectivity index (χ0) is 11.3. The quantitative estimate of drug-likeness (QED) is 0.557. The van der Waals surface area contributed by atoms with Gasteiger partial charge in [-0.05, 0) is 19.4 Å². The summed E-state index contributed by atoms with van der Waals surface area (Å²) in [4.78, 5) is 0. The van der Waals surface area contributed by atoms with E-state index in [2.05, 4.69) is 6.92 Å².